The molecule has 0 amide bonds. The average molecular weight is 286 g/mol. The van der Waals surface area contributed by atoms with Crippen LogP contribution in [-0.2, 0) is 6.54 Å². The van der Waals surface area contributed by atoms with Crippen LogP contribution in [-0.4, -0.2) is 15.5 Å². The van der Waals surface area contributed by atoms with E-state index in [4.69, 9.17) is 0 Å². The molecule has 1 aromatic carbocycles. The van der Waals surface area contributed by atoms with Gasteiger partial charge in [-0.05, 0) is 11.4 Å². The first-order valence-electron chi connectivity index (χ1n) is 5.94. The SMILES string of the molecule is O=C(Cn1c(-c2cccs2)noc1=O)c1ccccc1. The van der Waals surface area contributed by atoms with Gasteiger partial charge in [0.05, 0.1) is 11.4 Å². The lowest BCUT2D eigenvalue weighted by atomic mass is 10.1. The van der Waals surface area contributed by atoms with E-state index < -0.39 is 5.76 Å². The second kappa shape index (κ2) is 5.26. The fourth-order valence-electron chi connectivity index (χ4n) is 1.85. The number of Topliss-reactive ketones (excluding diaryl/α,β-unsaturated/α-hetero) is 1. The Morgan fingerprint density at radius 3 is 2.70 bits per heavy atom. The van der Waals surface area contributed by atoms with Crippen molar-refractivity contribution >= 4 is 17.1 Å². The number of hydrogen-bond donors (Lipinski definition) is 0. The van der Waals surface area contributed by atoms with Crippen LogP contribution in [0.25, 0.3) is 10.7 Å². The Kier molecular flexibility index (Phi) is 3.30. The molecule has 0 spiro atoms. The van der Waals surface area contributed by atoms with Crippen molar-refractivity contribution in [1.29, 1.82) is 0 Å². The van der Waals surface area contributed by atoms with Gasteiger partial charge in [0.25, 0.3) is 0 Å². The molecular formula is C14H10N2O3S. The van der Waals surface area contributed by atoms with Gasteiger partial charge in [-0.1, -0.05) is 41.6 Å². The van der Waals surface area contributed by atoms with Crippen LogP contribution < -0.4 is 5.76 Å². The van der Waals surface area contributed by atoms with E-state index in [0.717, 1.165) is 4.88 Å². The predicted molar refractivity (Wildman–Crippen MR) is 74.8 cm³/mol. The topological polar surface area (TPSA) is 65.1 Å². The first-order chi connectivity index (χ1) is 9.75. The predicted octanol–water partition coefficient (Wildman–Crippen LogP) is 2.45. The van der Waals surface area contributed by atoms with Gasteiger partial charge >= 0.3 is 5.76 Å². The Morgan fingerprint density at radius 1 is 1.20 bits per heavy atom. The molecule has 0 bridgehead atoms. The standard InChI is InChI=1S/C14H10N2O3S/c17-11(10-5-2-1-3-6-10)9-16-13(15-19-14(16)18)12-7-4-8-20-12/h1-8H,9H2. The van der Waals surface area contributed by atoms with Gasteiger partial charge in [-0.25, -0.2) is 9.36 Å². The number of nitrogens with zero attached hydrogens (tertiary/aromatic N) is 2. The normalized spacial score (nSPS) is 10.6. The van der Waals surface area contributed by atoms with Crippen LogP contribution in [0.2, 0.25) is 0 Å². The van der Waals surface area contributed by atoms with Crippen molar-refractivity contribution in [3.05, 3.63) is 64.0 Å². The molecule has 5 nitrogen and oxygen atoms in total. The molecule has 3 rings (SSSR count). The fraction of sp³-hybridized carbons (Fsp3) is 0.0714. The zero-order valence-electron chi connectivity index (χ0n) is 10.4. The van der Waals surface area contributed by atoms with Gasteiger partial charge in [0.1, 0.15) is 0 Å². The van der Waals surface area contributed by atoms with E-state index in [2.05, 4.69) is 9.68 Å². The molecule has 0 atom stereocenters. The Morgan fingerprint density at radius 2 is 2.00 bits per heavy atom. The lowest BCUT2D eigenvalue weighted by molar-refractivity contribution is 0.0970. The second-order valence-corrected chi connectivity index (χ2v) is 5.07. The molecule has 2 heterocycles. The highest BCUT2D eigenvalue weighted by molar-refractivity contribution is 7.13. The highest BCUT2D eigenvalue weighted by Gasteiger charge is 2.17. The first kappa shape index (κ1) is 12.6. The maximum absolute atomic E-state index is 12.2. The van der Waals surface area contributed by atoms with Gasteiger partial charge in [-0.3, -0.25) is 9.32 Å². The van der Waals surface area contributed by atoms with Crippen molar-refractivity contribution in [1.82, 2.24) is 9.72 Å². The van der Waals surface area contributed by atoms with Gasteiger partial charge in [-0.2, -0.15) is 0 Å². The van der Waals surface area contributed by atoms with Crippen LogP contribution >= 0.6 is 11.3 Å². The fourth-order valence-corrected chi connectivity index (χ4v) is 2.56. The molecule has 0 aliphatic heterocycles. The van der Waals surface area contributed by atoms with Gasteiger partial charge in [0.2, 0.25) is 0 Å². The van der Waals surface area contributed by atoms with E-state index in [1.165, 1.54) is 15.9 Å². The van der Waals surface area contributed by atoms with Gasteiger partial charge in [0, 0.05) is 5.56 Å². The third-order valence-electron chi connectivity index (χ3n) is 2.83. The summed E-state index contributed by atoms with van der Waals surface area (Å²) < 4.78 is 5.92. The molecule has 100 valence electrons. The summed E-state index contributed by atoms with van der Waals surface area (Å²) in [6.07, 6.45) is 0. The van der Waals surface area contributed by atoms with Crippen LogP contribution in [0.1, 0.15) is 10.4 Å². The second-order valence-electron chi connectivity index (χ2n) is 4.12. The molecule has 0 aliphatic carbocycles. The van der Waals surface area contributed by atoms with Crippen LogP contribution in [0.4, 0.5) is 0 Å². The van der Waals surface area contributed by atoms with E-state index in [9.17, 15) is 9.59 Å². The van der Waals surface area contributed by atoms with Gasteiger partial charge < -0.3 is 0 Å². The van der Waals surface area contributed by atoms with E-state index in [-0.39, 0.29) is 12.3 Å². The molecule has 0 N–H and O–H groups in total. The molecule has 0 fully saturated rings. The van der Waals surface area contributed by atoms with Gasteiger partial charge in [-0.15, -0.1) is 11.3 Å². The quantitative estimate of drug-likeness (QED) is 0.691. The minimum absolute atomic E-state index is 0.0838. The van der Waals surface area contributed by atoms with E-state index >= 15 is 0 Å². The lowest BCUT2D eigenvalue weighted by Crippen LogP contribution is -2.21. The summed E-state index contributed by atoms with van der Waals surface area (Å²) in [6.45, 7) is -0.0838. The van der Waals surface area contributed by atoms with Crippen molar-refractivity contribution < 1.29 is 9.32 Å². The number of rotatable bonds is 4. The molecule has 0 unspecified atom stereocenters. The number of aromatic nitrogens is 2. The molecule has 6 heteroatoms. The van der Waals surface area contributed by atoms with Crippen molar-refractivity contribution in [3.8, 4) is 10.7 Å². The zero-order valence-corrected chi connectivity index (χ0v) is 11.2. The van der Waals surface area contributed by atoms with Crippen LogP contribution in [0, 0.1) is 0 Å². The average Bonchev–Trinajstić information content (AvgIpc) is 3.11. The highest BCUT2D eigenvalue weighted by Crippen LogP contribution is 2.21. The number of carbonyl (C=O) groups is 1. The third-order valence-corrected chi connectivity index (χ3v) is 3.69. The Hall–Kier alpha value is -2.47. The molecular weight excluding hydrogens is 276 g/mol. The summed E-state index contributed by atoms with van der Waals surface area (Å²) in [5, 5.41) is 5.61. The lowest BCUT2D eigenvalue weighted by Gasteiger charge is -2.02. The summed E-state index contributed by atoms with van der Waals surface area (Å²) in [5.74, 6) is -0.402. The Balaban J connectivity index is 1.94. The van der Waals surface area contributed by atoms with Crippen molar-refractivity contribution in [2.75, 3.05) is 0 Å². The molecule has 0 saturated carbocycles. The highest BCUT2D eigenvalue weighted by atomic mass is 32.1. The van der Waals surface area contributed by atoms with Crippen molar-refractivity contribution in [3.63, 3.8) is 0 Å². The molecule has 0 saturated heterocycles. The first-order valence-corrected chi connectivity index (χ1v) is 6.82. The van der Waals surface area contributed by atoms with Crippen molar-refractivity contribution in [2.45, 2.75) is 6.54 Å². The number of thiophene rings is 1. The number of ketones is 1. The van der Waals surface area contributed by atoms with Crippen LogP contribution in [0.3, 0.4) is 0 Å². The van der Waals surface area contributed by atoms with E-state index in [1.807, 2.05) is 23.6 Å². The van der Waals surface area contributed by atoms with Gasteiger partial charge in [0.15, 0.2) is 11.6 Å². The molecule has 0 radical (unpaired) electrons. The Bertz CT molecular complexity index is 772. The zero-order chi connectivity index (χ0) is 13.9. The van der Waals surface area contributed by atoms with E-state index in [0.29, 0.717) is 11.4 Å². The Labute approximate surface area is 118 Å². The number of hydrogen-bond acceptors (Lipinski definition) is 5. The monoisotopic (exact) mass is 286 g/mol. The maximum Gasteiger partial charge on any atom is 0.442 e. The molecule has 20 heavy (non-hydrogen) atoms. The summed E-state index contributed by atoms with van der Waals surface area (Å²) >= 11 is 1.43. The maximum atomic E-state index is 12.2. The summed E-state index contributed by atoms with van der Waals surface area (Å²) in [7, 11) is 0. The van der Waals surface area contributed by atoms with Crippen molar-refractivity contribution in [2.24, 2.45) is 0 Å². The third kappa shape index (κ3) is 2.33. The number of carbonyl (C=O) groups excluding carboxylic acids is 1. The molecule has 3 aromatic rings. The largest absolute Gasteiger partial charge is 0.442 e. The van der Waals surface area contributed by atoms with E-state index in [1.54, 1.807) is 24.3 Å². The molecule has 2 aromatic heterocycles. The minimum atomic E-state index is -0.627. The molecule has 0 aliphatic rings. The summed E-state index contributed by atoms with van der Waals surface area (Å²) in [6, 6.07) is 12.5. The smallest absolute Gasteiger partial charge is 0.295 e. The summed E-state index contributed by atoms with van der Waals surface area (Å²) in [4.78, 5) is 24.6. The van der Waals surface area contributed by atoms with Crippen LogP contribution in [0.15, 0.2) is 57.2 Å². The summed E-state index contributed by atoms with van der Waals surface area (Å²) in [5.41, 5.74) is 0.553. The van der Waals surface area contributed by atoms with Crippen LogP contribution in [0.5, 0.6) is 0 Å². The minimum Gasteiger partial charge on any atom is -0.295 e. The number of benzene rings is 1.